The van der Waals surface area contributed by atoms with Crippen molar-refractivity contribution in [1.82, 2.24) is 5.32 Å². The van der Waals surface area contributed by atoms with Crippen LogP contribution in [0.1, 0.15) is 27.9 Å². The minimum atomic E-state index is -0.0366. The highest BCUT2D eigenvalue weighted by Crippen LogP contribution is 2.31. The number of carbonyl (C=O) groups is 1. The predicted molar refractivity (Wildman–Crippen MR) is 99.1 cm³/mol. The highest BCUT2D eigenvalue weighted by Gasteiger charge is 2.17. The van der Waals surface area contributed by atoms with Gasteiger partial charge in [0.1, 0.15) is 13.2 Å². The third-order valence-corrected chi connectivity index (χ3v) is 4.40. The van der Waals surface area contributed by atoms with Gasteiger partial charge < -0.3 is 20.1 Å². The molecule has 6 heteroatoms. The summed E-state index contributed by atoms with van der Waals surface area (Å²) in [4.78, 5) is 12.6. The van der Waals surface area contributed by atoms with Gasteiger partial charge in [-0.2, -0.15) is 0 Å². The molecule has 1 amide bonds. The molecule has 0 unspecified atom stereocenters. The molecular formula is C19H21ClN2O3. The maximum Gasteiger partial charge on any atom is 0.251 e. The minimum Gasteiger partial charge on any atom is -0.486 e. The Kier molecular flexibility index (Phi) is 5.34. The van der Waals surface area contributed by atoms with E-state index in [2.05, 4.69) is 10.6 Å². The Morgan fingerprint density at radius 3 is 2.84 bits per heavy atom. The first-order valence-electron chi connectivity index (χ1n) is 8.34. The summed E-state index contributed by atoms with van der Waals surface area (Å²) < 4.78 is 11.1. The molecular weight excluding hydrogens is 340 g/mol. The van der Waals surface area contributed by atoms with Crippen molar-refractivity contribution in [1.29, 1.82) is 0 Å². The second-order valence-electron chi connectivity index (χ2n) is 6.02. The van der Waals surface area contributed by atoms with Crippen LogP contribution in [0.5, 0.6) is 11.5 Å². The molecule has 0 saturated heterocycles. The molecule has 0 atom stereocenters. The predicted octanol–water partition coefficient (Wildman–Crippen LogP) is 3.17. The van der Waals surface area contributed by atoms with E-state index in [0.29, 0.717) is 19.8 Å². The Morgan fingerprint density at radius 1 is 1.12 bits per heavy atom. The molecule has 2 aromatic rings. The molecule has 0 bridgehead atoms. The van der Waals surface area contributed by atoms with Crippen molar-refractivity contribution in [2.75, 3.05) is 25.1 Å². The lowest BCUT2D eigenvalue weighted by Gasteiger charge is -2.21. The molecule has 132 valence electrons. The van der Waals surface area contributed by atoms with Gasteiger partial charge in [0.2, 0.25) is 0 Å². The van der Waals surface area contributed by atoms with Gasteiger partial charge >= 0.3 is 0 Å². The van der Waals surface area contributed by atoms with Crippen molar-refractivity contribution in [2.45, 2.75) is 19.4 Å². The van der Waals surface area contributed by atoms with E-state index < -0.39 is 0 Å². The molecule has 2 aliphatic rings. The molecule has 25 heavy (non-hydrogen) atoms. The maximum atomic E-state index is 12.6. The van der Waals surface area contributed by atoms with E-state index >= 15 is 0 Å². The van der Waals surface area contributed by atoms with Crippen LogP contribution in [0.4, 0.5) is 5.69 Å². The summed E-state index contributed by atoms with van der Waals surface area (Å²) in [5, 5.41) is 6.36. The van der Waals surface area contributed by atoms with E-state index in [1.165, 1.54) is 0 Å². The van der Waals surface area contributed by atoms with Crippen molar-refractivity contribution in [2.24, 2.45) is 0 Å². The Balaban J connectivity index is 0.00000182. The molecule has 2 heterocycles. The zero-order valence-corrected chi connectivity index (χ0v) is 14.7. The Bertz CT molecular complexity index is 779. The van der Waals surface area contributed by atoms with E-state index in [1.54, 1.807) is 0 Å². The van der Waals surface area contributed by atoms with Crippen LogP contribution in [0.25, 0.3) is 0 Å². The number of benzene rings is 2. The van der Waals surface area contributed by atoms with Gasteiger partial charge in [0, 0.05) is 24.3 Å². The lowest BCUT2D eigenvalue weighted by molar-refractivity contribution is 0.0950. The first-order valence-corrected chi connectivity index (χ1v) is 8.34. The lowest BCUT2D eigenvalue weighted by Crippen LogP contribution is -2.25. The number of amides is 1. The van der Waals surface area contributed by atoms with Crippen LogP contribution < -0.4 is 20.1 Å². The largest absolute Gasteiger partial charge is 0.486 e. The van der Waals surface area contributed by atoms with Crippen molar-refractivity contribution < 1.29 is 14.3 Å². The van der Waals surface area contributed by atoms with Crippen LogP contribution in [-0.4, -0.2) is 25.7 Å². The number of anilines is 1. The molecule has 0 radical (unpaired) electrons. The fraction of sp³-hybridized carbons (Fsp3) is 0.316. The fourth-order valence-corrected chi connectivity index (χ4v) is 3.20. The summed E-state index contributed by atoms with van der Waals surface area (Å²) in [6.07, 6.45) is 2.00. The third-order valence-electron chi connectivity index (χ3n) is 4.40. The Morgan fingerprint density at radius 2 is 1.96 bits per heavy atom. The molecule has 0 aromatic heterocycles. The maximum absolute atomic E-state index is 12.6. The van der Waals surface area contributed by atoms with Gasteiger partial charge in [0.25, 0.3) is 5.91 Å². The second-order valence-corrected chi connectivity index (χ2v) is 6.02. The van der Waals surface area contributed by atoms with E-state index in [1.807, 2.05) is 36.4 Å². The van der Waals surface area contributed by atoms with Crippen LogP contribution in [-0.2, 0) is 13.0 Å². The molecule has 2 aliphatic heterocycles. The minimum absolute atomic E-state index is 0. The molecule has 2 aromatic carbocycles. The quantitative estimate of drug-likeness (QED) is 0.882. The van der Waals surface area contributed by atoms with Crippen molar-refractivity contribution >= 4 is 24.0 Å². The highest BCUT2D eigenvalue weighted by molar-refractivity contribution is 5.97. The molecule has 0 fully saturated rings. The molecule has 2 N–H and O–H groups in total. The van der Waals surface area contributed by atoms with Crippen LogP contribution >= 0.6 is 12.4 Å². The van der Waals surface area contributed by atoms with Crippen molar-refractivity contribution in [3.05, 3.63) is 53.1 Å². The number of hydrogen-bond acceptors (Lipinski definition) is 4. The summed E-state index contributed by atoms with van der Waals surface area (Å²) >= 11 is 0. The summed E-state index contributed by atoms with van der Waals surface area (Å²) in [5.74, 6) is 1.47. The molecule has 0 saturated carbocycles. The number of halogens is 1. The SMILES string of the molecule is Cl.O=C(NCc1ccc2c(c1)OCCO2)c1cccc2c1CCCN2. The van der Waals surface area contributed by atoms with Gasteiger partial charge in [-0.15, -0.1) is 12.4 Å². The first-order chi connectivity index (χ1) is 11.8. The third kappa shape index (κ3) is 3.66. The van der Waals surface area contributed by atoms with Crippen molar-refractivity contribution in [3.63, 3.8) is 0 Å². The van der Waals surface area contributed by atoms with Crippen LogP contribution in [0.3, 0.4) is 0 Å². The Labute approximate surface area is 153 Å². The van der Waals surface area contributed by atoms with Crippen LogP contribution in [0.15, 0.2) is 36.4 Å². The zero-order valence-electron chi connectivity index (χ0n) is 13.8. The Hall–Kier alpha value is -2.40. The molecule has 5 nitrogen and oxygen atoms in total. The molecule has 0 spiro atoms. The van der Waals surface area contributed by atoms with Crippen LogP contribution in [0.2, 0.25) is 0 Å². The first kappa shape index (κ1) is 17.4. The molecule has 0 aliphatic carbocycles. The second kappa shape index (κ2) is 7.66. The number of nitrogens with one attached hydrogen (secondary N) is 2. The summed E-state index contributed by atoms with van der Waals surface area (Å²) in [5.41, 5.74) is 3.95. The van der Waals surface area contributed by atoms with Gasteiger partial charge in [-0.25, -0.2) is 0 Å². The highest BCUT2D eigenvalue weighted by atomic mass is 35.5. The van der Waals surface area contributed by atoms with E-state index in [0.717, 1.165) is 53.3 Å². The number of carbonyl (C=O) groups excluding carboxylic acids is 1. The monoisotopic (exact) mass is 360 g/mol. The standard InChI is InChI=1S/C19H20N2O3.ClH/c22-19(15-3-1-5-16-14(15)4-2-8-20-16)21-12-13-6-7-17-18(11-13)24-10-9-23-17;/h1,3,5-7,11,20H,2,4,8-10,12H2,(H,21,22);1H. The number of hydrogen-bond donors (Lipinski definition) is 2. The lowest BCUT2D eigenvalue weighted by atomic mass is 9.97. The summed E-state index contributed by atoms with van der Waals surface area (Å²) in [6.45, 7) is 2.57. The number of ether oxygens (including phenoxy) is 2. The normalized spacial score (nSPS) is 14.6. The van der Waals surface area contributed by atoms with E-state index in [9.17, 15) is 4.79 Å². The average molecular weight is 361 g/mol. The van der Waals surface area contributed by atoms with E-state index in [4.69, 9.17) is 9.47 Å². The van der Waals surface area contributed by atoms with Crippen LogP contribution in [0, 0.1) is 0 Å². The van der Waals surface area contributed by atoms with E-state index in [-0.39, 0.29) is 18.3 Å². The summed E-state index contributed by atoms with van der Waals surface area (Å²) in [6, 6.07) is 11.6. The smallest absolute Gasteiger partial charge is 0.251 e. The van der Waals surface area contributed by atoms with Gasteiger partial charge in [-0.3, -0.25) is 4.79 Å². The zero-order chi connectivity index (χ0) is 16.4. The fourth-order valence-electron chi connectivity index (χ4n) is 3.20. The number of rotatable bonds is 3. The average Bonchev–Trinajstić information content (AvgIpc) is 2.65. The summed E-state index contributed by atoms with van der Waals surface area (Å²) in [7, 11) is 0. The van der Waals surface area contributed by atoms with Crippen molar-refractivity contribution in [3.8, 4) is 11.5 Å². The topological polar surface area (TPSA) is 59.6 Å². The van der Waals surface area contributed by atoms with Gasteiger partial charge in [0.15, 0.2) is 11.5 Å². The van der Waals surface area contributed by atoms with Gasteiger partial charge in [0.05, 0.1) is 0 Å². The molecule has 4 rings (SSSR count). The number of fused-ring (bicyclic) bond motifs is 2. The van der Waals surface area contributed by atoms with Gasteiger partial charge in [-0.1, -0.05) is 12.1 Å². The van der Waals surface area contributed by atoms with Gasteiger partial charge in [-0.05, 0) is 48.2 Å².